The van der Waals surface area contributed by atoms with E-state index in [4.69, 9.17) is 16.4 Å². The number of halogens is 2. The summed E-state index contributed by atoms with van der Waals surface area (Å²) in [5, 5.41) is 6.83. The van der Waals surface area contributed by atoms with E-state index in [1.165, 1.54) is 13.0 Å². The second-order valence-corrected chi connectivity index (χ2v) is 4.54. The molecule has 1 atom stereocenters. The first-order chi connectivity index (χ1) is 9.49. The molecule has 1 unspecified atom stereocenters. The Labute approximate surface area is 125 Å². The van der Waals surface area contributed by atoms with Gasteiger partial charge in [-0.05, 0) is 51.1 Å². The maximum absolute atomic E-state index is 13.6. The largest absolute Gasteiger partial charge is 0.376 e. The molecule has 112 valence electrons. The lowest BCUT2D eigenvalue weighted by molar-refractivity contribution is -0.106. The molecule has 1 aromatic rings. The SMILES string of the molecule is CC=O.CCC(NC)N/C=C(\C)c1cc(Cl)ccc1F. The van der Waals surface area contributed by atoms with E-state index in [1.807, 2.05) is 14.0 Å². The minimum atomic E-state index is -0.262. The van der Waals surface area contributed by atoms with Gasteiger partial charge in [-0.2, -0.15) is 0 Å². The zero-order valence-corrected chi connectivity index (χ0v) is 13.1. The Hall–Kier alpha value is -1.39. The van der Waals surface area contributed by atoms with Crippen LogP contribution in [0.15, 0.2) is 24.4 Å². The van der Waals surface area contributed by atoms with Crippen LogP contribution in [0.25, 0.3) is 5.57 Å². The minimum absolute atomic E-state index is 0.187. The van der Waals surface area contributed by atoms with Crippen molar-refractivity contribution in [3.8, 4) is 0 Å². The van der Waals surface area contributed by atoms with Crippen LogP contribution in [-0.4, -0.2) is 19.5 Å². The summed E-state index contributed by atoms with van der Waals surface area (Å²) >= 11 is 5.85. The van der Waals surface area contributed by atoms with Gasteiger partial charge >= 0.3 is 0 Å². The monoisotopic (exact) mass is 300 g/mol. The van der Waals surface area contributed by atoms with Crippen molar-refractivity contribution in [3.63, 3.8) is 0 Å². The topological polar surface area (TPSA) is 41.1 Å². The molecule has 1 rings (SSSR count). The molecule has 0 heterocycles. The quantitative estimate of drug-likeness (QED) is 0.645. The number of hydrogen-bond acceptors (Lipinski definition) is 3. The Balaban J connectivity index is 0.00000110. The average Bonchev–Trinajstić information content (AvgIpc) is 2.43. The molecule has 0 aromatic heterocycles. The molecule has 5 heteroatoms. The number of carbonyl (C=O) groups is 1. The zero-order chi connectivity index (χ0) is 15.5. The molecule has 3 nitrogen and oxygen atoms in total. The molecule has 1 aromatic carbocycles. The Bertz CT molecular complexity index is 445. The second kappa shape index (κ2) is 10.4. The van der Waals surface area contributed by atoms with E-state index < -0.39 is 0 Å². The molecular formula is C15H22ClFN2O. The Kier molecular flexibility index (Phi) is 9.68. The lowest BCUT2D eigenvalue weighted by atomic mass is 10.1. The van der Waals surface area contributed by atoms with Crippen LogP contribution in [0.2, 0.25) is 5.02 Å². The van der Waals surface area contributed by atoms with Crippen molar-refractivity contribution < 1.29 is 9.18 Å². The molecule has 0 aliphatic rings. The van der Waals surface area contributed by atoms with Crippen LogP contribution < -0.4 is 10.6 Å². The predicted octanol–water partition coefficient (Wildman–Crippen LogP) is 3.59. The van der Waals surface area contributed by atoms with Crippen molar-refractivity contribution in [2.24, 2.45) is 0 Å². The minimum Gasteiger partial charge on any atom is -0.376 e. The van der Waals surface area contributed by atoms with E-state index in [-0.39, 0.29) is 12.0 Å². The van der Waals surface area contributed by atoms with Gasteiger partial charge in [0.25, 0.3) is 0 Å². The molecule has 0 aliphatic heterocycles. The summed E-state index contributed by atoms with van der Waals surface area (Å²) in [7, 11) is 1.88. The standard InChI is InChI=1S/C13H18ClFN2.C2H4O/c1-4-13(16-3)17-8-9(2)11-7-10(14)5-6-12(11)15;1-2-3/h5-8,13,16-17H,4H2,1-3H3;2H,1H3/b9-8+;. The number of hydrogen-bond donors (Lipinski definition) is 2. The Morgan fingerprint density at radius 2 is 2.10 bits per heavy atom. The fourth-order valence-corrected chi connectivity index (χ4v) is 1.68. The van der Waals surface area contributed by atoms with Gasteiger partial charge in [0.05, 0.1) is 6.17 Å². The lowest BCUT2D eigenvalue weighted by Crippen LogP contribution is -2.36. The average molecular weight is 301 g/mol. The zero-order valence-electron chi connectivity index (χ0n) is 12.3. The number of allylic oxidation sites excluding steroid dienone is 1. The van der Waals surface area contributed by atoms with Crippen molar-refractivity contribution in [3.05, 3.63) is 40.8 Å². The molecule has 0 aliphatic carbocycles. The van der Waals surface area contributed by atoms with Crippen molar-refractivity contribution in [1.82, 2.24) is 10.6 Å². The van der Waals surface area contributed by atoms with E-state index in [0.717, 1.165) is 18.3 Å². The van der Waals surface area contributed by atoms with Crippen LogP contribution in [0.1, 0.15) is 32.8 Å². The van der Waals surface area contributed by atoms with Crippen LogP contribution in [-0.2, 0) is 4.79 Å². The Morgan fingerprint density at radius 1 is 1.50 bits per heavy atom. The highest BCUT2D eigenvalue weighted by Gasteiger charge is 2.05. The van der Waals surface area contributed by atoms with Crippen LogP contribution in [0.3, 0.4) is 0 Å². The molecular weight excluding hydrogens is 279 g/mol. The lowest BCUT2D eigenvalue weighted by Gasteiger charge is -2.15. The molecule has 0 fully saturated rings. The second-order valence-electron chi connectivity index (χ2n) is 4.10. The first-order valence-electron chi connectivity index (χ1n) is 6.45. The summed E-state index contributed by atoms with van der Waals surface area (Å²) < 4.78 is 13.6. The Morgan fingerprint density at radius 3 is 2.60 bits per heavy atom. The third kappa shape index (κ3) is 6.68. The first kappa shape index (κ1) is 18.6. The maximum Gasteiger partial charge on any atom is 0.130 e. The predicted molar refractivity (Wildman–Crippen MR) is 83.1 cm³/mol. The van der Waals surface area contributed by atoms with E-state index in [9.17, 15) is 4.39 Å². The molecule has 0 bridgehead atoms. The summed E-state index contributed by atoms with van der Waals surface area (Å²) in [5.74, 6) is -0.262. The molecule has 0 radical (unpaired) electrons. The highest BCUT2D eigenvalue weighted by molar-refractivity contribution is 6.30. The van der Waals surface area contributed by atoms with E-state index >= 15 is 0 Å². The normalized spacial score (nSPS) is 12.2. The number of carbonyl (C=O) groups excluding carboxylic acids is 1. The van der Waals surface area contributed by atoms with E-state index in [0.29, 0.717) is 10.6 Å². The van der Waals surface area contributed by atoms with Crippen LogP contribution in [0.5, 0.6) is 0 Å². The molecule has 0 saturated heterocycles. The van der Waals surface area contributed by atoms with E-state index in [2.05, 4.69) is 17.6 Å². The van der Waals surface area contributed by atoms with Crippen LogP contribution in [0.4, 0.5) is 4.39 Å². The number of rotatable bonds is 5. The molecule has 20 heavy (non-hydrogen) atoms. The van der Waals surface area contributed by atoms with Gasteiger partial charge in [0.2, 0.25) is 0 Å². The van der Waals surface area contributed by atoms with Gasteiger partial charge in [-0.1, -0.05) is 18.5 Å². The van der Waals surface area contributed by atoms with Gasteiger partial charge in [-0.3, -0.25) is 0 Å². The van der Waals surface area contributed by atoms with Crippen molar-refractivity contribution in [1.29, 1.82) is 0 Å². The summed E-state index contributed by atoms with van der Waals surface area (Å²) in [5.41, 5.74) is 1.34. The van der Waals surface area contributed by atoms with Crippen LogP contribution >= 0.6 is 11.6 Å². The van der Waals surface area contributed by atoms with Crippen molar-refractivity contribution >= 4 is 23.5 Å². The van der Waals surface area contributed by atoms with Gasteiger partial charge in [-0.15, -0.1) is 0 Å². The summed E-state index contributed by atoms with van der Waals surface area (Å²) in [6, 6.07) is 4.55. The molecule has 2 N–H and O–H groups in total. The third-order valence-corrected chi connectivity index (χ3v) is 2.85. The van der Waals surface area contributed by atoms with Crippen molar-refractivity contribution in [2.75, 3.05) is 7.05 Å². The summed E-state index contributed by atoms with van der Waals surface area (Å²) in [6.45, 7) is 5.36. The molecule has 0 amide bonds. The van der Waals surface area contributed by atoms with Crippen LogP contribution in [0, 0.1) is 5.82 Å². The maximum atomic E-state index is 13.6. The highest BCUT2D eigenvalue weighted by Crippen LogP contribution is 2.21. The molecule has 0 saturated carbocycles. The van der Waals surface area contributed by atoms with Gasteiger partial charge in [-0.25, -0.2) is 4.39 Å². The van der Waals surface area contributed by atoms with Crippen molar-refractivity contribution in [2.45, 2.75) is 33.4 Å². The third-order valence-electron chi connectivity index (χ3n) is 2.61. The summed E-state index contributed by atoms with van der Waals surface area (Å²) in [6.07, 6.45) is 3.68. The van der Waals surface area contributed by atoms with Gasteiger partial charge in [0, 0.05) is 16.8 Å². The molecule has 0 spiro atoms. The fraction of sp³-hybridized carbons (Fsp3) is 0.400. The number of benzene rings is 1. The number of aldehydes is 1. The fourth-order valence-electron chi connectivity index (χ4n) is 1.51. The first-order valence-corrected chi connectivity index (χ1v) is 6.83. The van der Waals surface area contributed by atoms with Gasteiger partial charge in [0.1, 0.15) is 12.1 Å². The van der Waals surface area contributed by atoms with Gasteiger partial charge < -0.3 is 15.4 Å². The van der Waals surface area contributed by atoms with Gasteiger partial charge in [0.15, 0.2) is 0 Å². The smallest absolute Gasteiger partial charge is 0.130 e. The van der Waals surface area contributed by atoms with E-state index in [1.54, 1.807) is 18.3 Å². The number of nitrogens with one attached hydrogen (secondary N) is 2. The summed E-state index contributed by atoms with van der Waals surface area (Å²) in [4.78, 5) is 8.81. The highest BCUT2D eigenvalue weighted by atomic mass is 35.5.